The zero-order valence-electron chi connectivity index (χ0n) is 35.2. The van der Waals surface area contributed by atoms with E-state index in [2.05, 4.69) is 20.8 Å². The predicted octanol–water partition coefficient (Wildman–Crippen LogP) is 6.67. The van der Waals surface area contributed by atoms with Crippen LogP contribution in [0.5, 0.6) is 11.8 Å². The second kappa shape index (κ2) is 16.8. The lowest BCUT2D eigenvalue weighted by Crippen LogP contribution is -2.56. The number of carbonyl (C=O) groups is 2. The fourth-order valence-electron chi connectivity index (χ4n) is 10.0. The van der Waals surface area contributed by atoms with E-state index in [0.717, 1.165) is 19.4 Å². The molecular formula is C45H52F3N7O6. The summed E-state index contributed by atoms with van der Waals surface area (Å²) in [6, 6.07) is 4.58. The van der Waals surface area contributed by atoms with E-state index in [1.54, 1.807) is 4.90 Å². The molecule has 0 radical (unpaired) electrons. The molecule has 2 aromatic heterocycles. The van der Waals surface area contributed by atoms with Crippen molar-refractivity contribution in [2.75, 3.05) is 58.3 Å². The van der Waals surface area contributed by atoms with Crippen molar-refractivity contribution in [3.8, 4) is 35.4 Å². The molecule has 2 aromatic carbocycles. The lowest BCUT2D eigenvalue weighted by molar-refractivity contribution is -0.172. The Morgan fingerprint density at radius 3 is 2.54 bits per heavy atom. The molecule has 8 rings (SSSR count). The molecular weight excluding hydrogens is 792 g/mol. The number of alkyl halides is 1. The Hall–Kier alpha value is -5.40. The molecule has 0 saturated carbocycles. The van der Waals surface area contributed by atoms with E-state index in [-0.39, 0.29) is 75.4 Å². The highest BCUT2D eigenvalue weighted by molar-refractivity contribution is 6.03. The van der Waals surface area contributed by atoms with Gasteiger partial charge in [0.15, 0.2) is 5.82 Å². The Bertz CT molecular complexity index is 2370. The first-order valence-electron chi connectivity index (χ1n) is 21.0. The van der Waals surface area contributed by atoms with Crippen LogP contribution in [0.1, 0.15) is 64.9 Å². The minimum absolute atomic E-state index is 0.0723. The average molecular weight is 844 g/mol. The summed E-state index contributed by atoms with van der Waals surface area (Å²) in [4.78, 5) is 48.4. The summed E-state index contributed by atoms with van der Waals surface area (Å²) in [5.74, 6) is 0.403. The average Bonchev–Trinajstić information content (AvgIpc) is 3.82. The second-order valence-electron chi connectivity index (χ2n) is 17.7. The summed E-state index contributed by atoms with van der Waals surface area (Å²) < 4.78 is 64.6. The molecule has 16 heteroatoms. The fourth-order valence-corrected chi connectivity index (χ4v) is 10.0. The highest BCUT2D eigenvalue weighted by Crippen LogP contribution is 2.43. The van der Waals surface area contributed by atoms with Gasteiger partial charge in [-0.3, -0.25) is 19.6 Å². The second-order valence-corrected chi connectivity index (χ2v) is 17.7. The number of hydrogen-bond acceptors (Lipinski definition) is 12. The SMILES string of the molecule is C#Cc1c(F)ccc2cc(O)cc(-c3ncc4c(N5CC6CCC(C5)N6C(=O)OC(C)OC(=O)[C@H](CC(C)C)CN(C)C)nc(OC[C@@]56CCCN5C[C@H](F)C6)nc4c3F)c12. The monoisotopic (exact) mass is 843 g/mol. The maximum Gasteiger partial charge on any atom is 0.413 e. The molecule has 1 N–H and O–H groups in total. The number of halogens is 3. The molecule has 4 fully saturated rings. The van der Waals surface area contributed by atoms with Gasteiger partial charge in [0, 0.05) is 56.7 Å². The first kappa shape index (κ1) is 42.3. The molecule has 1 amide bonds. The molecule has 4 aliphatic heterocycles. The van der Waals surface area contributed by atoms with Crippen LogP contribution < -0.4 is 9.64 Å². The number of pyridine rings is 1. The van der Waals surface area contributed by atoms with Crippen molar-refractivity contribution >= 4 is 39.6 Å². The molecule has 61 heavy (non-hydrogen) atoms. The Morgan fingerprint density at radius 2 is 1.84 bits per heavy atom. The standard InChI is InChI=1S/C45H52F3N7O6/c1-7-33-36(47)12-9-27-16-32(56)17-34(37(27)33)39-38(48)40-35(19-49-39)41(51-43(50-40)59-24-45-13-8-14-54(45)21-29(46)18-45)53-22-30-10-11-31(23-53)55(30)44(58)61-26(4)60-42(57)28(15-25(2)3)20-52(5)6/h1,9,12,16-17,19,25-26,28-31,56H,8,10-11,13-15,18,20-24H2,2-6H3/t26?,28-,29-,30?,31?,45+/m1/s1. The van der Waals surface area contributed by atoms with Crippen molar-refractivity contribution in [3.63, 3.8) is 0 Å². The number of benzene rings is 2. The molecule has 4 aromatic rings. The van der Waals surface area contributed by atoms with Crippen molar-refractivity contribution in [2.45, 2.75) is 89.4 Å². The summed E-state index contributed by atoms with van der Waals surface area (Å²) in [7, 11) is 3.78. The molecule has 6 atom stereocenters. The van der Waals surface area contributed by atoms with E-state index in [0.29, 0.717) is 63.1 Å². The van der Waals surface area contributed by atoms with Gasteiger partial charge in [0.1, 0.15) is 41.4 Å². The maximum absolute atomic E-state index is 17.2. The minimum atomic E-state index is -1.11. The number of aromatic nitrogens is 3. The summed E-state index contributed by atoms with van der Waals surface area (Å²) in [5, 5.41) is 11.5. The van der Waals surface area contributed by atoms with Crippen LogP contribution in [0, 0.1) is 35.8 Å². The van der Waals surface area contributed by atoms with Gasteiger partial charge in [0.2, 0.25) is 6.29 Å². The quantitative estimate of drug-likeness (QED) is 0.0929. The third-order valence-electron chi connectivity index (χ3n) is 12.5. The van der Waals surface area contributed by atoms with Crippen LogP contribution in [0.2, 0.25) is 0 Å². The number of terminal acetylenes is 1. The molecule has 4 aliphatic rings. The smallest absolute Gasteiger partial charge is 0.413 e. The molecule has 4 saturated heterocycles. The summed E-state index contributed by atoms with van der Waals surface area (Å²) in [5.41, 5.74) is -0.923. The van der Waals surface area contributed by atoms with Crippen molar-refractivity contribution in [2.24, 2.45) is 11.8 Å². The third kappa shape index (κ3) is 8.22. The summed E-state index contributed by atoms with van der Waals surface area (Å²) in [6.07, 6.45) is 8.36. The van der Waals surface area contributed by atoms with E-state index in [1.807, 2.05) is 37.7 Å². The van der Waals surface area contributed by atoms with Crippen molar-refractivity contribution < 1.29 is 42.1 Å². The van der Waals surface area contributed by atoms with Crippen LogP contribution in [0.25, 0.3) is 32.9 Å². The van der Waals surface area contributed by atoms with Crippen molar-refractivity contribution in [1.29, 1.82) is 0 Å². The van der Waals surface area contributed by atoms with E-state index < -0.39 is 41.7 Å². The number of phenolic OH excluding ortho intramolecular Hbond substituents is 1. The Morgan fingerprint density at radius 1 is 1.08 bits per heavy atom. The van der Waals surface area contributed by atoms with Crippen LogP contribution in [-0.2, 0) is 14.3 Å². The number of rotatable bonds is 12. The van der Waals surface area contributed by atoms with Crippen LogP contribution in [-0.4, -0.2) is 130 Å². The number of aromatic hydroxyl groups is 1. The Kier molecular flexibility index (Phi) is 11.7. The van der Waals surface area contributed by atoms with Gasteiger partial charge in [0.25, 0.3) is 0 Å². The zero-order chi connectivity index (χ0) is 43.3. The van der Waals surface area contributed by atoms with Gasteiger partial charge in [-0.15, -0.1) is 6.42 Å². The van der Waals surface area contributed by atoms with Gasteiger partial charge in [-0.05, 0) is 82.2 Å². The van der Waals surface area contributed by atoms with Gasteiger partial charge in [-0.1, -0.05) is 25.8 Å². The number of phenols is 1. The number of carbonyl (C=O) groups excluding carboxylic acids is 2. The van der Waals surface area contributed by atoms with Crippen molar-refractivity contribution in [1.82, 2.24) is 29.7 Å². The van der Waals surface area contributed by atoms with Gasteiger partial charge in [-0.2, -0.15) is 9.97 Å². The number of amides is 1. The number of esters is 1. The number of fused-ring (bicyclic) bond motifs is 5. The third-order valence-corrected chi connectivity index (χ3v) is 12.5. The summed E-state index contributed by atoms with van der Waals surface area (Å²) >= 11 is 0. The van der Waals surface area contributed by atoms with Gasteiger partial charge in [0.05, 0.1) is 34.5 Å². The van der Waals surface area contributed by atoms with Crippen LogP contribution in [0.4, 0.5) is 23.8 Å². The molecule has 13 nitrogen and oxygen atoms in total. The lowest BCUT2D eigenvalue weighted by atomic mass is 9.95. The van der Waals surface area contributed by atoms with Crippen LogP contribution in [0.3, 0.4) is 0 Å². The van der Waals surface area contributed by atoms with E-state index in [9.17, 15) is 19.1 Å². The molecule has 6 heterocycles. The highest BCUT2D eigenvalue weighted by Gasteiger charge is 2.50. The van der Waals surface area contributed by atoms with E-state index in [1.165, 1.54) is 37.4 Å². The number of anilines is 1. The Balaban J connectivity index is 1.10. The molecule has 2 bridgehead atoms. The highest BCUT2D eigenvalue weighted by atomic mass is 19.1. The number of ether oxygens (including phenoxy) is 3. The largest absolute Gasteiger partial charge is 0.508 e. The number of piperazine rings is 1. The molecule has 0 aliphatic carbocycles. The molecule has 0 spiro atoms. The maximum atomic E-state index is 17.2. The van der Waals surface area contributed by atoms with Crippen LogP contribution in [0.15, 0.2) is 30.5 Å². The number of hydrogen-bond donors (Lipinski definition) is 1. The molecule has 324 valence electrons. The van der Waals surface area contributed by atoms with Gasteiger partial charge < -0.3 is 29.1 Å². The fraction of sp³-hybridized carbons (Fsp3) is 0.533. The van der Waals surface area contributed by atoms with E-state index in [4.69, 9.17) is 25.6 Å². The summed E-state index contributed by atoms with van der Waals surface area (Å²) in [6.45, 7) is 7.89. The topological polar surface area (TPSA) is 134 Å². The first-order chi connectivity index (χ1) is 29.1. The predicted molar refractivity (Wildman–Crippen MR) is 223 cm³/mol. The normalized spacial score (nSPS) is 23.5. The van der Waals surface area contributed by atoms with Gasteiger partial charge in [-0.25, -0.2) is 18.0 Å². The Labute approximate surface area is 353 Å². The van der Waals surface area contributed by atoms with Crippen LogP contribution >= 0.6 is 0 Å². The first-order valence-corrected chi connectivity index (χ1v) is 21.0. The van der Waals surface area contributed by atoms with E-state index >= 15 is 8.78 Å². The molecule has 3 unspecified atom stereocenters. The minimum Gasteiger partial charge on any atom is -0.508 e. The van der Waals surface area contributed by atoms with Gasteiger partial charge >= 0.3 is 18.1 Å². The van der Waals surface area contributed by atoms with Crippen molar-refractivity contribution in [3.05, 3.63) is 47.7 Å². The zero-order valence-corrected chi connectivity index (χ0v) is 35.2. The lowest BCUT2D eigenvalue weighted by Gasteiger charge is -2.41. The number of nitrogens with zero attached hydrogens (tertiary/aromatic N) is 7.